The van der Waals surface area contributed by atoms with Gasteiger partial charge in [-0.1, -0.05) is 18.2 Å². The highest BCUT2D eigenvalue weighted by Crippen LogP contribution is 2.12. The normalized spacial score (nSPS) is 19.3. The van der Waals surface area contributed by atoms with Crippen LogP contribution in [0.25, 0.3) is 0 Å². The molecule has 78 valence electrons. The number of methoxy groups -OCH3 is 1. The van der Waals surface area contributed by atoms with Crippen molar-refractivity contribution < 1.29 is 14.3 Å². The number of hydrogen-bond donors (Lipinski definition) is 0. The number of hydrogen-bond acceptors (Lipinski definition) is 4. The maximum absolute atomic E-state index is 11.2. The highest BCUT2D eigenvalue weighted by Gasteiger charge is 2.28. The fraction of sp³-hybridized carbons (Fsp3) is 0.273. The number of carbonyl (C=O) groups excluding carboxylic acids is 1. The molecule has 1 heterocycles. The second kappa shape index (κ2) is 4.13. The third kappa shape index (κ3) is 1.98. The summed E-state index contributed by atoms with van der Waals surface area (Å²) in [5.74, 6) is 0.121. The molecule has 4 nitrogen and oxygen atoms in total. The van der Waals surface area contributed by atoms with Crippen molar-refractivity contribution in [1.82, 2.24) is 0 Å². The monoisotopic (exact) mass is 205 g/mol. The largest absolute Gasteiger partial charge is 0.466 e. The SMILES string of the molecule is COC(=O)[C@@H]1CN=C(c2ccccc2)O1. The maximum Gasteiger partial charge on any atom is 0.349 e. The predicted octanol–water partition coefficient (Wildman–Crippen LogP) is 1.00. The Morgan fingerprint density at radius 2 is 2.20 bits per heavy atom. The van der Waals surface area contributed by atoms with E-state index in [-0.39, 0.29) is 5.97 Å². The summed E-state index contributed by atoms with van der Waals surface area (Å²) in [6.07, 6.45) is -0.592. The first-order valence-electron chi connectivity index (χ1n) is 4.65. The lowest BCUT2D eigenvalue weighted by molar-refractivity contribution is -0.148. The lowest BCUT2D eigenvalue weighted by Gasteiger charge is -2.08. The predicted molar refractivity (Wildman–Crippen MR) is 54.7 cm³/mol. The highest BCUT2D eigenvalue weighted by atomic mass is 16.6. The van der Waals surface area contributed by atoms with Gasteiger partial charge < -0.3 is 9.47 Å². The van der Waals surface area contributed by atoms with E-state index in [0.717, 1.165) is 5.56 Å². The van der Waals surface area contributed by atoms with Gasteiger partial charge in [-0.05, 0) is 12.1 Å². The van der Waals surface area contributed by atoms with Crippen molar-refractivity contribution >= 4 is 11.9 Å². The molecule has 1 atom stereocenters. The Morgan fingerprint density at radius 1 is 1.47 bits per heavy atom. The van der Waals surface area contributed by atoms with E-state index < -0.39 is 6.10 Å². The number of rotatable bonds is 2. The van der Waals surface area contributed by atoms with Crippen molar-refractivity contribution in [3.8, 4) is 0 Å². The second-order valence-corrected chi connectivity index (χ2v) is 3.14. The average molecular weight is 205 g/mol. The van der Waals surface area contributed by atoms with E-state index in [0.29, 0.717) is 12.4 Å². The minimum absolute atomic E-state index is 0.330. The summed E-state index contributed by atoms with van der Waals surface area (Å²) >= 11 is 0. The van der Waals surface area contributed by atoms with Crippen molar-refractivity contribution in [3.63, 3.8) is 0 Å². The molecule has 15 heavy (non-hydrogen) atoms. The van der Waals surface area contributed by atoms with Gasteiger partial charge in [0.15, 0.2) is 0 Å². The molecule has 0 saturated heterocycles. The number of aliphatic imine (C=N–C) groups is 1. The molecular weight excluding hydrogens is 194 g/mol. The number of nitrogens with zero attached hydrogens (tertiary/aromatic N) is 1. The topological polar surface area (TPSA) is 47.9 Å². The Balaban J connectivity index is 2.07. The van der Waals surface area contributed by atoms with Gasteiger partial charge in [0, 0.05) is 5.56 Å². The van der Waals surface area contributed by atoms with Gasteiger partial charge in [-0.25, -0.2) is 9.79 Å². The Bertz CT molecular complexity index is 386. The molecule has 0 aromatic heterocycles. The standard InChI is InChI=1S/C11H11NO3/c1-14-11(13)9-7-12-10(15-9)8-5-3-2-4-6-8/h2-6,9H,7H2,1H3/t9-/m0/s1. The minimum atomic E-state index is -0.592. The molecule has 0 amide bonds. The first-order valence-corrected chi connectivity index (χ1v) is 4.65. The van der Waals surface area contributed by atoms with Crippen LogP contribution in [0, 0.1) is 0 Å². The fourth-order valence-electron chi connectivity index (χ4n) is 1.37. The van der Waals surface area contributed by atoms with Crippen LogP contribution in [0.2, 0.25) is 0 Å². The van der Waals surface area contributed by atoms with Crippen LogP contribution in [0.15, 0.2) is 35.3 Å². The zero-order valence-electron chi connectivity index (χ0n) is 8.34. The highest BCUT2D eigenvalue weighted by molar-refractivity contribution is 5.97. The minimum Gasteiger partial charge on any atom is -0.466 e. The smallest absolute Gasteiger partial charge is 0.349 e. The number of esters is 1. The van der Waals surface area contributed by atoms with Crippen LogP contribution in [0.4, 0.5) is 0 Å². The molecule has 0 spiro atoms. The van der Waals surface area contributed by atoms with E-state index in [4.69, 9.17) is 4.74 Å². The third-order valence-corrected chi connectivity index (χ3v) is 2.14. The molecule has 0 bridgehead atoms. The first kappa shape index (κ1) is 9.71. The maximum atomic E-state index is 11.2. The summed E-state index contributed by atoms with van der Waals surface area (Å²) in [7, 11) is 1.34. The van der Waals surface area contributed by atoms with Gasteiger partial charge >= 0.3 is 5.97 Å². The van der Waals surface area contributed by atoms with Crippen molar-refractivity contribution in [2.45, 2.75) is 6.10 Å². The van der Waals surface area contributed by atoms with Crippen molar-refractivity contribution in [3.05, 3.63) is 35.9 Å². The summed E-state index contributed by atoms with van der Waals surface area (Å²) in [6.45, 7) is 0.330. The molecule has 1 aliphatic heterocycles. The molecular formula is C11H11NO3. The van der Waals surface area contributed by atoms with Gasteiger partial charge in [-0.2, -0.15) is 0 Å². The van der Waals surface area contributed by atoms with Crippen LogP contribution in [-0.4, -0.2) is 31.6 Å². The van der Waals surface area contributed by atoms with Gasteiger partial charge in [0.05, 0.1) is 13.7 Å². The van der Waals surface area contributed by atoms with Gasteiger partial charge in [0.25, 0.3) is 0 Å². The van der Waals surface area contributed by atoms with E-state index in [1.54, 1.807) is 0 Å². The number of ether oxygens (including phenoxy) is 2. The lowest BCUT2D eigenvalue weighted by atomic mass is 10.2. The van der Waals surface area contributed by atoms with Crippen LogP contribution in [0.3, 0.4) is 0 Å². The zero-order chi connectivity index (χ0) is 10.7. The summed E-state index contributed by atoms with van der Waals surface area (Å²) in [6, 6.07) is 9.48. The molecule has 0 unspecified atom stereocenters. The van der Waals surface area contributed by atoms with Gasteiger partial charge in [0.1, 0.15) is 0 Å². The summed E-state index contributed by atoms with van der Waals surface area (Å²) in [5.41, 5.74) is 0.879. The molecule has 2 rings (SSSR count). The Morgan fingerprint density at radius 3 is 2.87 bits per heavy atom. The van der Waals surface area contributed by atoms with E-state index in [2.05, 4.69) is 9.73 Å². The molecule has 0 aliphatic carbocycles. The number of benzene rings is 1. The molecule has 1 aliphatic rings. The zero-order valence-corrected chi connectivity index (χ0v) is 8.34. The summed E-state index contributed by atoms with van der Waals surface area (Å²) in [4.78, 5) is 15.3. The van der Waals surface area contributed by atoms with E-state index >= 15 is 0 Å². The van der Waals surface area contributed by atoms with E-state index in [1.165, 1.54) is 7.11 Å². The molecule has 0 fully saturated rings. The first-order chi connectivity index (χ1) is 7.31. The van der Waals surface area contributed by atoms with Gasteiger partial charge in [-0.15, -0.1) is 0 Å². The molecule has 0 saturated carbocycles. The summed E-state index contributed by atoms with van der Waals surface area (Å²) < 4.78 is 9.96. The van der Waals surface area contributed by atoms with Crippen molar-refractivity contribution in [1.29, 1.82) is 0 Å². The van der Waals surface area contributed by atoms with Gasteiger partial charge in [0.2, 0.25) is 12.0 Å². The van der Waals surface area contributed by atoms with Crippen LogP contribution in [-0.2, 0) is 14.3 Å². The molecule has 1 aromatic carbocycles. The third-order valence-electron chi connectivity index (χ3n) is 2.14. The van der Waals surface area contributed by atoms with E-state index in [9.17, 15) is 4.79 Å². The van der Waals surface area contributed by atoms with Crippen LogP contribution < -0.4 is 0 Å². The quantitative estimate of drug-likeness (QED) is 0.677. The fourth-order valence-corrected chi connectivity index (χ4v) is 1.37. The Labute approximate surface area is 87.5 Å². The van der Waals surface area contributed by atoms with Crippen LogP contribution in [0.1, 0.15) is 5.56 Å². The van der Waals surface area contributed by atoms with Gasteiger partial charge in [-0.3, -0.25) is 0 Å². The van der Waals surface area contributed by atoms with Crippen molar-refractivity contribution in [2.75, 3.05) is 13.7 Å². The molecule has 4 heteroatoms. The average Bonchev–Trinajstić information content (AvgIpc) is 2.78. The summed E-state index contributed by atoms with van der Waals surface area (Å²) in [5, 5.41) is 0. The molecule has 0 radical (unpaired) electrons. The molecule has 1 aromatic rings. The van der Waals surface area contributed by atoms with E-state index in [1.807, 2.05) is 30.3 Å². The Kier molecular flexibility index (Phi) is 2.67. The Hall–Kier alpha value is -1.84. The lowest BCUT2D eigenvalue weighted by Crippen LogP contribution is -2.25. The second-order valence-electron chi connectivity index (χ2n) is 3.14. The van der Waals surface area contributed by atoms with Crippen molar-refractivity contribution in [2.24, 2.45) is 4.99 Å². The van der Waals surface area contributed by atoms with Crippen LogP contribution in [0.5, 0.6) is 0 Å². The number of carbonyl (C=O) groups is 1. The van der Waals surface area contributed by atoms with Crippen LogP contribution >= 0.6 is 0 Å². The molecule has 0 N–H and O–H groups in total.